The van der Waals surface area contributed by atoms with Crippen LogP contribution in [0.25, 0.3) is 6.08 Å². The highest BCUT2D eigenvalue weighted by atomic mass is 32.2. The molecule has 1 saturated heterocycles. The molecule has 44 heavy (non-hydrogen) atoms. The van der Waals surface area contributed by atoms with Crippen LogP contribution in [0.1, 0.15) is 37.8 Å². The predicted octanol–water partition coefficient (Wildman–Crippen LogP) is 5.34. The zero-order valence-electron chi connectivity index (χ0n) is 25.2. The lowest BCUT2D eigenvalue weighted by atomic mass is 9.75. The van der Waals surface area contributed by atoms with Crippen LogP contribution in [0.3, 0.4) is 0 Å². The highest BCUT2D eigenvalue weighted by Crippen LogP contribution is 2.42. The molecule has 0 aliphatic carbocycles. The first-order valence-corrected chi connectivity index (χ1v) is 15.8. The molecular formula is C32H38N4O7S. The van der Waals surface area contributed by atoms with Crippen molar-refractivity contribution in [2.45, 2.75) is 43.7 Å². The summed E-state index contributed by atoms with van der Waals surface area (Å²) < 4.78 is 34.6. The number of sulfonamides is 1. The van der Waals surface area contributed by atoms with Gasteiger partial charge < -0.3 is 20.1 Å². The summed E-state index contributed by atoms with van der Waals surface area (Å²) >= 11 is 0. The number of nitrogens with one attached hydrogen (secondary N) is 1. The van der Waals surface area contributed by atoms with E-state index >= 15 is 0 Å². The van der Waals surface area contributed by atoms with E-state index in [9.17, 15) is 28.4 Å². The van der Waals surface area contributed by atoms with Gasteiger partial charge in [-0.05, 0) is 42.2 Å². The van der Waals surface area contributed by atoms with E-state index in [1.165, 1.54) is 34.5 Å². The molecule has 12 heteroatoms. The number of urea groups is 1. The van der Waals surface area contributed by atoms with Gasteiger partial charge in [0.25, 0.3) is 5.69 Å². The van der Waals surface area contributed by atoms with Crippen LogP contribution in [0, 0.1) is 16.0 Å². The Hall–Kier alpha value is -4.26. The molecule has 0 unspecified atom stereocenters. The molecule has 1 fully saturated rings. The normalized spacial score (nSPS) is 18.4. The van der Waals surface area contributed by atoms with Crippen molar-refractivity contribution < 1.29 is 28.0 Å². The first kappa shape index (κ1) is 32.6. The van der Waals surface area contributed by atoms with Crippen LogP contribution in [-0.2, 0) is 10.0 Å². The number of allylic oxidation sites excluding steroid dienone is 1. The van der Waals surface area contributed by atoms with Gasteiger partial charge in [0.1, 0.15) is 5.75 Å². The van der Waals surface area contributed by atoms with Gasteiger partial charge in [-0.3, -0.25) is 10.1 Å². The summed E-state index contributed by atoms with van der Waals surface area (Å²) in [6, 6.07) is 17.9. The molecule has 0 saturated carbocycles. The van der Waals surface area contributed by atoms with E-state index in [0.29, 0.717) is 11.4 Å². The standard InChI is InChI=1S/C32H38N4O7S/c1-5-9-23-14-16-24(17-15-23)31-28(35(29(31)21-37)32(38)33-25-10-8-11-26(18-25)43-4)20-34(19-22(2)3)44(41,42)30-13-7-6-12-27(30)36(39)40/h5-18,22,28-29,31,37H,19-21H2,1-4H3,(H,33,38)/b9-5+/t28-,29+,31+/m1/s1. The van der Waals surface area contributed by atoms with Gasteiger partial charge in [0.15, 0.2) is 4.90 Å². The number of benzene rings is 3. The summed E-state index contributed by atoms with van der Waals surface area (Å²) in [6.45, 7) is 5.18. The molecule has 11 nitrogen and oxygen atoms in total. The molecule has 0 aromatic heterocycles. The summed E-state index contributed by atoms with van der Waals surface area (Å²) in [5.74, 6) is 0.00430. The number of ether oxygens (including phenoxy) is 1. The molecule has 3 atom stereocenters. The minimum Gasteiger partial charge on any atom is -0.497 e. The molecule has 3 aromatic carbocycles. The molecular weight excluding hydrogens is 584 g/mol. The number of nitrogens with zero attached hydrogens (tertiary/aromatic N) is 3. The van der Waals surface area contributed by atoms with Crippen molar-refractivity contribution in [3.8, 4) is 5.75 Å². The second kappa shape index (κ2) is 14.0. The van der Waals surface area contributed by atoms with Gasteiger partial charge in [0.05, 0.1) is 30.7 Å². The van der Waals surface area contributed by atoms with E-state index in [2.05, 4.69) is 5.32 Å². The number of carbonyl (C=O) groups excluding carboxylic acids is 1. The van der Waals surface area contributed by atoms with E-state index in [1.54, 1.807) is 24.3 Å². The predicted molar refractivity (Wildman–Crippen MR) is 169 cm³/mol. The Balaban J connectivity index is 1.76. The van der Waals surface area contributed by atoms with Crippen molar-refractivity contribution >= 4 is 33.5 Å². The van der Waals surface area contributed by atoms with Crippen molar-refractivity contribution in [1.82, 2.24) is 9.21 Å². The van der Waals surface area contributed by atoms with Crippen molar-refractivity contribution in [2.24, 2.45) is 5.92 Å². The Morgan fingerprint density at radius 2 is 1.82 bits per heavy atom. The van der Waals surface area contributed by atoms with Crippen LogP contribution >= 0.6 is 0 Å². The van der Waals surface area contributed by atoms with Gasteiger partial charge in [-0.25, -0.2) is 13.2 Å². The SMILES string of the molecule is C/C=C/c1ccc([C@H]2[C@@H](CN(CC(C)C)S(=O)(=O)c3ccccc3[N+](=O)[O-])N(C(=O)Nc3cccc(OC)c3)[C@H]2CO)cc1. The molecule has 4 rings (SSSR count). The fourth-order valence-corrected chi connectivity index (χ4v) is 7.44. The van der Waals surface area contributed by atoms with Crippen LogP contribution in [0.5, 0.6) is 5.75 Å². The Kier molecular flexibility index (Phi) is 10.4. The second-order valence-corrected chi connectivity index (χ2v) is 12.9. The Bertz CT molecular complexity index is 1610. The quantitative estimate of drug-likeness (QED) is 0.205. The summed E-state index contributed by atoms with van der Waals surface area (Å²) in [5.41, 5.74) is 1.75. The Labute approximate surface area is 258 Å². The molecule has 1 aliphatic rings. The molecule has 3 aromatic rings. The second-order valence-electron chi connectivity index (χ2n) is 11.0. The lowest BCUT2D eigenvalue weighted by Gasteiger charge is -2.55. The zero-order valence-corrected chi connectivity index (χ0v) is 26.0. The molecule has 0 spiro atoms. The highest BCUT2D eigenvalue weighted by molar-refractivity contribution is 7.89. The first-order valence-electron chi connectivity index (χ1n) is 14.3. The van der Waals surface area contributed by atoms with E-state index in [0.717, 1.165) is 17.2 Å². The Morgan fingerprint density at radius 1 is 1.11 bits per heavy atom. The van der Waals surface area contributed by atoms with Gasteiger partial charge in [-0.15, -0.1) is 0 Å². The van der Waals surface area contributed by atoms with Crippen LogP contribution in [0.2, 0.25) is 0 Å². The number of amides is 2. The first-order chi connectivity index (χ1) is 21.0. The third kappa shape index (κ3) is 6.93. The number of aliphatic hydroxyl groups excluding tert-OH is 1. The highest BCUT2D eigenvalue weighted by Gasteiger charge is 2.53. The smallest absolute Gasteiger partial charge is 0.322 e. The van der Waals surface area contributed by atoms with Gasteiger partial charge in [-0.2, -0.15) is 4.31 Å². The molecule has 2 N–H and O–H groups in total. The van der Waals surface area contributed by atoms with Gasteiger partial charge in [-0.1, -0.05) is 68.5 Å². The lowest BCUT2D eigenvalue weighted by molar-refractivity contribution is -0.387. The Morgan fingerprint density at radius 3 is 2.43 bits per heavy atom. The summed E-state index contributed by atoms with van der Waals surface area (Å²) in [7, 11) is -2.84. The van der Waals surface area contributed by atoms with Crippen LogP contribution < -0.4 is 10.1 Å². The lowest BCUT2D eigenvalue weighted by Crippen LogP contribution is -2.69. The fourth-order valence-electron chi connectivity index (χ4n) is 5.66. The van der Waals surface area contributed by atoms with Crippen molar-refractivity contribution in [3.63, 3.8) is 0 Å². The summed E-state index contributed by atoms with van der Waals surface area (Å²) in [5, 5.41) is 25.1. The van der Waals surface area contributed by atoms with E-state index in [-0.39, 0.29) is 25.6 Å². The van der Waals surface area contributed by atoms with Crippen LogP contribution in [-0.4, -0.2) is 72.6 Å². The van der Waals surface area contributed by atoms with E-state index in [1.807, 2.05) is 57.2 Å². The van der Waals surface area contributed by atoms with Crippen molar-refractivity contribution in [1.29, 1.82) is 0 Å². The average Bonchev–Trinajstić information content (AvgIpc) is 2.99. The van der Waals surface area contributed by atoms with Gasteiger partial charge in [0.2, 0.25) is 10.0 Å². The monoisotopic (exact) mass is 622 g/mol. The minimum atomic E-state index is -4.36. The number of methoxy groups -OCH3 is 1. The summed E-state index contributed by atoms with van der Waals surface area (Å²) in [6.07, 6.45) is 3.86. The van der Waals surface area contributed by atoms with Gasteiger partial charge >= 0.3 is 6.03 Å². The third-order valence-electron chi connectivity index (χ3n) is 7.61. The molecule has 0 bridgehead atoms. The topological polar surface area (TPSA) is 142 Å². The van der Waals surface area contributed by atoms with Crippen molar-refractivity contribution in [3.05, 3.63) is 100 Å². The number of likely N-dealkylation sites (tertiary alicyclic amines) is 1. The van der Waals surface area contributed by atoms with Crippen LogP contribution in [0.4, 0.5) is 16.2 Å². The number of nitro groups is 1. The molecule has 234 valence electrons. The van der Waals surface area contributed by atoms with Gasteiger partial charge in [0, 0.05) is 36.8 Å². The maximum atomic E-state index is 14.0. The number of rotatable bonds is 12. The zero-order chi connectivity index (χ0) is 32.0. The number of aliphatic hydroxyl groups is 1. The average molecular weight is 623 g/mol. The molecule has 0 radical (unpaired) electrons. The number of hydrogen-bond donors (Lipinski definition) is 2. The molecule has 2 amide bonds. The van der Waals surface area contributed by atoms with Crippen LogP contribution in [0.15, 0.2) is 83.8 Å². The molecule has 1 heterocycles. The number of carbonyl (C=O) groups is 1. The third-order valence-corrected chi connectivity index (χ3v) is 9.48. The number of nitro benzene ring substituents is 1. The maximum Gasteiger partial charge on any atom is 0.322 e. The number of para-hydroxylation sites is 1. The number of hydrogen-bond acceptors (Lipinski definition) is 7. The fraction of sp³-hybridized carbons (Fsp3) is 0.344. The number of anilines is 1. The maximum absolute atomic E-state index is 14.0. The van der Waals surface area contributed by atoms with Crippen molar-refractivity contribution in [2.75, 3.05) is 32.1 Å². The molecule has 1 aliphatic heterocycles. The van der Waals surface area contributed by atoms with E-state index < -0.39 is 49.6 Å². The minimum absolute atomic E-state index is 0.0625. The summed E-state index contributed by atoms with van der Waals surface area (Å²) in [4.78, 5) is 25.9. The largest absolute Gasteiger partial charge is 0.497 e. The van der Waals surface area contributed by atoms with E-state index in [4.69, 9.17) is 4.74 Å².